The maximum Gasteiger partial charge on any atom is 0.374 e. The van der Waals surface area contributed by atoms with E-state index < -0.39 is 23.5 Å². The van der Waals surface area contributed by atoms with Crippen molar-refractivity contribution in [2.75, 3.05) is 6.61 Å². The topological polar surface area (TPSA) is 139 Å². The average molecular weight is 344 g/mol. The molecule has 3 N–H and O–H groups in total. The van der Waals surface area contributed by atoms with Crippen molar-refractivity contribution in [2.45, 2.75) is 52.7 Å². The lowest BCUT2D eigenvalue weighted by molar-refractivity contribution is -0.147. The zero-order valence-corrected chi connectivity index (χ0v) is 14.7. The first-order valence-electron chi connectivity index (χ1n) is 7.09. The zero-order chi connectivity index (χ0) is 19.1. The van der Waals surface area contributed by atoms with E-state index in [9.17, 15) is 14.4 Å². The molecule has 9 heteroatoms. The van der Waals surface area contributed by atoms with Crippen LogP contribution in [0.2, 0.25) is 0 Å². The molecule has 0 saturated carbocycles. The third-order valence-electron chi connectivity index (χ3n) is 2.02. The van der Waals surface area contributed by atoms with Gasteiger partial charge in [-0.25, -0.2) is 19.4 Å². The summed E-state index contributed by atoms with van der Waals surface area (Å²) in [6.45, 7) is 10.4. The highest BCUT2D eigenvalue weighted by molar-refractivity contribution is 5.90. The van der Waals surface area contributed by atoms with E-state index in [0.717, 1.165) is 6.20 Å². The molecule has 0 aliphatic heterocycles. The summed E-state index contributed by atoms with van der Waals surface area (Å²) < 4.78 is 9.88. The number of aliphatic carboxylic acids is 1. The van der Waals surface area contributed by atoms with Crippen LogP contribution in [-0.2, 0) is 14.3 Å². The summed E-state index contributed by atoms with van der Waals surface area (Å²) in [5.41, 5.74) is -1.19. The summed E-state index contributed by atoms with van der Waals surface area (Å²) in [6, 6.07) is 0. The molecule has 1 heterocycles. The zero-order valence-electron chi connectivity index (χ0n) is 14.7. The summed E-state index contributed by atoms with van der Waals surface area (Å²) in [5, 5.41) is 16.7. The number of nitrogens with one attached hydrogen (secondary N) is 1. The molecule has 1 aromatic heterocycles. The molecule has 0 radical (unpaired) electrons. The van der Waals surface area contributed by atoms with Crippen molar-refractivity contribution in [1.82, 2.24) is 9.97 Å². The fraction of sp³-hybridized carbons (Fsp3) is 0.600. The first kappa shape index (κ1) is 21.6. The van der Waals surface area contributed by atoms with Crippen LogP contribution in [0.5, 0.6) is 0 Å². The number of carbonyl (C=O) groups is 3. The van der Waals surface area contributed by atoms with Crippen molar-refractivity contribution < 1.29 is 34.1 Å². The highest BCUT2D eigenvalue weighted by atomic mass is 16.6. The van der Waals surface area contributed by atoms with Gasteiger partial charge in [0.15, 0.2) is 5.69 Å². The van der Waals surface area contributed by atoms with Gasteiger partial charge >= 0.3 is 17.9 Å². The summed E-state index contributed by atoms with van der Waals surface area (Å²) in [7, 11) is 0. The molecule has 0 bridgehead atoms. The van der Waals surface area contributed by atoms with Crippen molar-refractivity contribution in [3.05, 3.63) is 17.7 Å². The van der Waals surface area contributed by atoms with Crippen molar-refractivity contribution in [3.8, 4) is 0 Å². The van der Waals surface area contributed by atoms with E-state index in [1.165, 1.54) is 0 Å². The molecule has 0 aromatic carbocycles. The Morgan fingerprint density at radius 3 is 1.92 bits per heavy atom. The second-order valence-corrected chi connectivity index (χ2v) is 6.74. The number of rotatable bonds is 4. The molecule has 136 valence electrons. The average Bonchev–Trinajstić information content (AvgIpc) is 2.84. The third kappa shape index (κ3) is 10.3. The van der Waals surface area contributed by atoms with Gasteiger partial charge in [0.2, 0.25) is 5.82 Å². The van der Waals surface area contributed by atoms with Gasteiger partial charge in [-0.3, -0.25) is 0 Å². The van der Waals surface area contributed by atoms with Gasteiger partial charge in [0, 0.05) is 6.20 Å². The number of aromatic nitrogens is 2. The highest BCUT2D eigenvalue weighted by Crippen LogP contribution is 2.10. The molecule has 0 amide bonds. The van der Waals surface area contributed by atoms with Crippen LogP contribution in [0, 0.1) is 0 Å². The van der Waals surface area contributed by atoms with Crippen LogP contribution in [0.4, 0.5) is 0 Å². The van der Waals surface area contributed by atoms with Crippen LogP contribution in [0.3, 0.4) is 0 Å². The second-order valence-electron chi connectivity index (χ2n) is 6.74. The Balaban J connectivity index is 0.000000506. The number of ether oxygens (including phenoxy) is 2. The molecule has 1 rings (SSSR count). The standard InChI is InChI=1S/C9H12N2O4.C6H12O3/c1-9(2,3)15-8(14)6-10-4-5(11-6)7(12)13;1-6(2,3)9-4-5(7)8/h4H,1-3H3,(H,10,11)(H,12,13);4H2,1-3H3,(H,7,8). The van der Waals surface area contributed by atoms with Gasteiger partial charge in [-0.05, 0) is 41.5 Å². The number of hydrogen-bond donors (Lipinski definition) is 3. The van der Waals surface area contributed by atoms with Gasteiger partial charge in [-0.1, -0.05) is 0 Å². The van der Waals surface area contributed by atoms with Crippen molar-refractivity contribution in [1.29, 1.82) is 0 Å². The lowest BCUT2D eigenvalue weighted by Crippen LogP contribution is -2.24. The Labute approximate surface area is 140 Å². The highest BCUT2D eigenvalue weighted by Gasteiger charge is 2.21. The van der Waals surface area contributed by atoms with Crippen molar-refractivity contribution in [2.24, 2.45) is 0 Å². The lowest BCUT2D eigenvalue weighted by Gasteiger charge is -2.18. The van der Waals surface area contributed by atoms with Gasteiger partial charge in [0.1, 0.15) is 12.2 Å². The smallest absolute Gasteiger partial charge is 0.374 e. The van der Waals surface area contributed by atoms with Crippen LogP contribution in [0.25, 0.3) is 0 Å². The van der Waals surface area contributed by atoms with Crippen LogP contribution < -0.4 is 0 Å². The van der Waals surface area contributed by atoms with Gasteiger partial charge in [-0.2, -0.15) is 0 Å². The number of esters is 1. The minimum atomic E-state index is -1.19. The molecule has 0 atom stereocenters. The second kappa shape index (κ2) is 8.44. The van der Waals surface area contributed by atoms with Gasteiger partial charge < -0.3 is 24.7 Å². The number of carboxylic acid groups (broad SMARTS) is 2. The summed E-state index contributed by atoms with van der Waals surface area (Å²) >= 11 is 0. The molecule has 0 aliphatic carbocycles. The molecule has 1 aromatic rings. The van der Waals surface area contributed by atoms with Crippen molar-refractivity contribution in [3.63, 3.8) is 0 Å². The van der Waals surface area contributed by atoms with E-state index in [0.29, 0.717) is 0 Å². The van der Waals surface area contributed by atoms with Crippen LogP contribution in [0.1, 0.15) is 62.6 Å². The molecule has 0 fully saturated rings. The van der Waals surface area contributed by atoms with Crippen molar-refractivity contribution >= 4 is 17.9 Å². The predicted molar refractivity (Wildman–Crippen MR) is 84.1 cm³/mol. The Morgan fingerprint density at radius 1 is 1.08 bits per heavy atom. The number of nitrogens with zero attached hydrogens (tertiary/aromatic N) is 1. The molecule has 0 saturated heterocycles. The predicted octanol–water partition coefficient (Wildman–Crippen LogP) is 1.95. The number of carboxylic acids is 2. The van der Waals surface area contributed by atoms with E-state index in [4.69, 9.17) is 19.7 Å². The fourth-order valence-corrected chi connectivity index (χ4v) is 1.14. The molecule has 0 aliphatic rings. The van der Waals surface area contributed by atoms with E-state index in [2.05, 4.69) is 9.97 Å². The fourth-order valence-electron chi connectivity index (χ4n) is 1.14. The molecule has 9 nitrogen and oxygen atoms in total. The lowest BCUT2D eigenvalue weighted by atomic mass is 10.2. The third-order valence-corrected chi connectivity index (χ3v) is 2.02. The Hall–Kier alpha value is -2.42. The Bertz CT molecular complexity index is 579. The van der Waals surface area contributed by atoms with E-state index >= 15 is 0 Å². The number of hydrogen-bond acceptors (Lipinski definition) is 6. The first-order chi connectivity index (χ1) is 10.7. The maximum atomic E-state index is 11.4. The normalized spacial score (nSPS) is 11.2. The number of carbonyl (C=O) groups excluding carboxylic acids is 1. The van der Waals surface area contributed by atoms with E-state index in [1.54, 1.807) is 20.8 Å². The Morgan fingerprint density at radius 2 is 1.62 bits per heavy atom. The minimum Gasteiger partial charge on any atom is -0.480 e. The first-order valence-corrected chi connectivity index (χ1v) is 7.09. The quantitative estimate of drug-likeness (QED) is 0.704. The number of aromatic carboxylic acids is 1. The van der Waals surface area contributed by atoms with Gasteiger partial charge in [-0.15, -0.1) is 0 Å². The van der Waals surface area contributed by atoms with E-state index in [-0.39, 0.29) is 23.7 Å². The molecular formula is C15H24N2O7. The Kier molecular flexibility index (Phi) is 7.59. The largest absolute Gasteiger partial charge is 0.480 e. The van der Waals surface area contributed by atoms with Gasteiger partial charge in [0.25, 0.3) is 0 Å². The van der Waals surface area contributed by atoms with Crippen LogP contribution in [-0.4, -0.2) is 55.9 Å². The summed E-state index contributed by atoms with van der Waals surface area (Å²) in [6.07, 6.45) is 1.14. The van der Waals surface area contributed by atoms with E-state index in [1.807, 2.05) is 20.8 Å². The summed E-state index contributed by atoms with van der Waals surface area (Å²) in [5.74, 6) is -2.90. The maximum absolute atomic E-state index is 11.4. The minimum absolute atomic E-state index is 0.109. The number of aromatic amines is 1. The SMILES string of the molecule is CC(C)(C)OC(=O)c1nc(C(=O)O)c[nH]1.CC(C)(C)OCC(=O)O. The molecular weight excluding hydrogens is 320 g/mol. The van der Waals surface area contributed by atoms with Gasteiger partial charge in [0.05, 0.1) is 5.60 Å². The van der Waals surface area contributed by atoms with Crippen LogP contribution >= 0.6 is 0 Å². The number of H-pyrrole nitrogens is 1. The molecule has 24 heavy (non-hydrogen) atoms. The molecule has 0 unspecified atom stereocenters. The molecule has 0 spiro atoms. The monoisotopic (exact) mass is 344 g/mol. The number of imidazole rings is 1. The van der Waals surface area contributed by atoms with Crippen LogP contribution in [0.15, 0.2) is 6.20 Å². The summed E-state index contributed by atoms with van der Waals surface area (Å²) in [4.78, 5) is 37.8.